The molecule has 2 unspecified atom stereocenters. The van der Waals surface area contributed by atoms with Crippen LogP contribution in [0, 0.1) is 8.99 Å². The van der Waals surface area contributed by atoms with Crippen LogP contribution in [0.5, 0.6) is 5.75 Å². The van der Waals surface area contributed by atoms with Crippen LogP contribution in [0.4, 0.5) is 0 Å². The molecule has 0 aromatic heterocycles. The summed E-state index contributed by atoms with van der Waals surface area (Å²) in [6.45, 7) is 4.52. The highest BCUT2D eigenvalue weighted by Crippen LogP contribution is 2.43. The van der Waals surface area contributed by atoms with Gasteiger partial charge in [-0.25, -0.2) is 0 Å². The predicted octanol–water partition coefficient (Wildman–Crippen LogP) is 3.06. The Morgan fingerprint density at radius 1 is 1.38 bits per heavy atom. The Kier molecular flexibility index (Phi) is 3.45. The van der Waals surface area contributed by atoms with Crippen LogP contribution in [0.3, 0.4) is 0 Å². The maximum absolute atomic E-state index is 6.08. The Morgan fingerprint density at radius 3 is 2.62 bits per heavy atom. The SMILES string of the molecule is CNC1CC(Oc2ccccc2I)C1(C)C. The molecule has 2 atom stereocenters. The summed E-state index contributed by atoms with van der Waals surface area (Å²) in [5.74, 6) is 1.01. The first-order valence-corrected chi connectivity index (χ1v) is 6.72. The second kappa shape index (κ2) is 4.53. The van der Waals surface area contributed by atoms with Crippen LogP contribution >= 0.6 is 22.6 Å². The van der Waals surface area contributed by atoms with E-state index < -0.39 is 0 Å². The van der Waals surface area contributed by atoms with Crippen molar-refractivity contribution in [2.24, 2.45) is 5.41 Å². The van der Waals surface area contributed by atoms with Crippen LogP contribution in [0.15, 0.2) is 24.3 Å². The standard InChI is InChI=1S/C13H18INO/c1-13(2)11(15-3)8-12(13)16-10-7-5-4-6-9(10)14/h4-7,11-12,15H,8H2,1-3H3. The first-order valence-electron chi connectivity index (χ1n) is 5.64. The van der Waals surface area contributed by atoms with E-state index in [1.165, 1.54) is 3.57 Å². The van der Waals surface area contributed by atoms with Crippen molar-refractivity contribution in [3.8, 4) is 5.75 Å². The zero-order valence-electron chi connectivity index (χ0n) is 9.96. The first kappa shape index (κ1) is 12.2. The number of halogens is 1. The molecule has 1 aromatic carbocycles. The minimum atomic E-state index is 0.216. The van der Waals surface area contributed by atoms with Crippen molar-refractivity contribution in [1.29, 1.82) is 0 Å². The Balaban J connectivity index is 2.05. The molecule has 1 fully saturated rings. The average Bonchev–Trinajstić information content (AvgIpc) is 2.26. The molecule has 0 bridgehead atoms. The van der Waals surface area contributed by atoms with Crippen molar-refractivity contribution in [1.82, 2.24) is 5.32 Å². The van der Waals surface area contributed by atoms with Crippen LogP contribution in [0.2, 0.25) is 0 Å². The summed E-state index contributed by atoms with van der Waals surface area (Å²) in [6.07, 6.45) is 1.41. The third-order valence-electron chi connectivity index (χ3n) is 3.63. The number of hydrogen-bond acceptors (Lipinski definition) is 2. The number of nitrogens with one attached hydrogen (secondary N) is 1. The Morgan fingerprint density at radius 2 is 2.06 bits per heavy atom. The molecule has 16 heavy (non-hydrogen) atoms. The largest absolute Gasteiger partial charge is 0.489 e. The summed E-state index contributed by atoms with van der Waals surface area (Å²) in [6, 6.07) is 8.76. The smallest absolute Gasteiger partial charge is 0.133 e. The predicted molar refractivity (Wildman–Crippen MR) is 74.8 cm³/mol. The van der Waals surface area contributed by atoms with Gasteiger partial charge < -0.3 is 10.1 Å². The van der Waals surface area contributed by atoms with Crippen molar-refractivity contribution in [3.05, 3.63) is 27.8 Å². The normalized spacial score (nSPS) is 27.2. The minimum Gasteiger partial charge on any atom is -0.489 e. The van der Waals surface area contributed by atoms with Gasteiger partial charge in [-0.3, -0.25) is 0 Å². The van der Waals surface area contributed by atoms with Gasteiger partial charge >= 0.3 is 0 Å². The van der Waals surface area contributed by atoms with Crippen molar-refractivity contribution in [3.63, 3.8) is 0 Å². The van der Waals surface area contributed by atoms with Gasteiger partial charge in [-0.05, 0) is 41.8 Å². The lowest BCUT2D eigenvalue weighted by molar-refractivity contribution is -0.0525. The summed E-state index contributed by atoms with van der Waals surface area (Å²) < 4.78 is 7.27. The van der Waals surface area contributed by atoms with E-state index >= 15 is 0 Å². The highest BCUT2D eigenvalue weighted by atomic mass is 127. The summed E-state index contributed by atoms with van der Waals surface area (Å²) in [7, 11) is 2.02. The fourth-order valence-corrected chi connectivity index (χ4v) is 2.78. The minimum absolute atomic E-state index is 0.216. The van der Waals surface area contributed by atoms with E-state index in [0.29, 0.717) is 12.1 Å². The van der Waals surface area contributed by atoms with Gasteiger partial charge in [0, 0.05) is 17.9 Å². The van der Waals surface area contributed by atoms with Crippen molar-refractivity contribution < 1.29 is 4.74 Å². The summed E-state index contributed by atoms with van der Waals surface area (Å²) in [4.78, 5) is 0. The van der Waals surface area contributed by atoms with E-state index in [4.69, 9.17) is 4.74 Å². The van der Waals surface area contributed by atoms with Gasteiger partial charge in [-0.2, -0.15) is 0 Å². The van der Waals surface area contributed by atoms with E-state index in [-0.39, 0.29) is 5.41 Å². The Bertz CT molecular complexity index is 378. The number of ether oxygens (including phenoxy) is 1. The van der Waals surface area contributed by atoms with Crippen molar-refractivity contribution >= 4 is 22.6 Å². The molecule has 1 aliphatic carbocycles. The van der Waals surface area contributed by atoms with Crippen LogP contribution < -0.4 is 10.1 Å². The third-order valence-corrected chi connectivity index (χ3v) is 4.52. The Hall–Kier alpha value is -0.290. The zero-order chi connectivity index (χ0) is 11.8. The molecule has 0 saturated heterocycles. The fraction of sp³-hybridized carbons (Fsp3) is 0.538. The lowest BCUT2D eigenvalue weighted by atomic mass is 9.64. The quantitative estimate of drug-likeness (QED) is 0.860. The average molecular weight is 331 g/mol. The van der Waals surface area contributed by atoms with Gasteiger partial charge in [0.25, 0.3) is 0 Å². The molecule has 1 aliphatic rings. The van der Waals surface area contributed by atoms with Gasteiger partial charge in [-0.15, -0.1) is 0 Å². The summed E-state index contributed by atoms with van der Waals surface area (Å²) in [5.41, 5.74) is 0.216. The molecule has 3 heteroatoms. The summed E-state index contributed by atoms with van der Waals surface area (Å²) in [5, 5.41) is 3.34. The van der Waals surface area contributed by atoms with Crippen molar-refractivity contribution in [2.45, 2.75) is 32.4 Å². The highest BCUT2D eigenvalue weighted by molar-refractivity contribution is 14.1. The summed E-state index contributed by atoms with van der Waals surface area (Å²) >= 11 is 2.32. The van der Waals surface area contributed by atoms with Crippen molar-refractivity contribution in [2.75, 3.05) is 7.05 Å². The zero-order valence-corrected chi connectivity index (χ0v) is 12.1. The Labute approximate surface area is 111 Å². The van der Waals surface area contributed by atoms with Crippen LogP contribution in [-0.2, 0) is 0 Å². The number of rotatable bonds is 3. The van der Waals surface area contributed by atoms with Crippen LogP contribution in [0.1, 0.15) is 20.3 Å². The second-order valence-electron chi connectivity index (χ2n) is 4.94. The first-order chi connectivity index (χ1) is 7.55. The van der Waals surface area contributed by atoms with Gasteiger partial charge in [0.15, 0.2) is 0 Å². The molecule has 0 aliphatic heterocycles. The fourth-order valence-electron chi connectivity index (χ4n) is 2.27. The molecule has 1 aromatic rings. The third kappa shape index (κ3) is 2.07. The maximum atomic E-state index is 6.08. The van der Waals surface area contributed by atoms with E-state index in [9.17, 15) is 0 Å². The van der Waals surface area contributed by atoms with Gasteiger partial charge in [0.2, 0.25) is 0 Å². The molecule has 2 nitrogen and oxygen atoms in total. The molecule has 0 heterocycles. The van der Waals surface area contributed by atoms with E-state index in [1.807, 2.05) is 25.2 Å². The lowest BCUT2D eigenvalue weighted by Crippen LogP contribution is -2.61. The number of hydrogen-bond donors (Lipinski definition) is 1. The molecule has 0 amide bonds. The van der Waals surface area contributed by atoms with E-state index in [0.717, 1.165) is 12.2 Å². The number of benzene rings is 1. The molecular formula is C13H18INO. The molecule has 0 spiro atoms. The second-order valence-corrected chi connectivity index (χ2v) is 6.10. The van der Waals surface area contributed by atoms with E-state index in [2.05, 4.69) is 47.8 Å². The van der Waals surface area contributed by atoms with Crippen LogP contribution in [0.25, 0.3) is 0 Å². The topological polar surface area (TPSA) is 21.3 Å². The number of para-hydroxylation sites is 1. The molecule has 2 rings (SSSR count). The molecule has 88 valence electrons. The van der Waals surface area contributed by atoms with Gasteiger partial charge in [0.1, 0.15) is 11.9 Å². The van der Waals surface area contributed by atoms with Gasteiger partial charge in [0.05, 0.1) is 3.57 Å². The maximum Gasteiger partial charge on any atom is 0.133 e. The molecule has 1 N–H and O–H groups in total. The molecular weight excluding hydrogens is 313 g/mol. The monoisotopic (exact) mass is 331 g/mol. The highest BCUT2D eigenvalue weighted by Gasteiger charge is 2.49. The van der Waals surface area contributed by atoms with E-state index in [1.54, 1.807) is 0 Å². The molecule has 0 radical (unpaired) electrons. The lowest BCUT2D eigenvalue weighted by Gasteiger charge is -2.51. The molecule has 1 saturated carbocycles. The van der Waals surface area contributed by atoms with Crippen LogP contribution in [-0.4, -0.2) is 19.2 Å². The van der Waals surface area contributed by atoms with Gasteiger partial charge in [-0.1, -0.05) is 26.0 Å².